The molecule has 1 amide bonds. The summed E-state index contributed by atoms with van der Waals surface area (Å²) in [6.45, 7) is 9.88. The van der Waals surface area contributed by atoms with E-state index in [1.807, 2.05) is 4.90 Å². The van der Waals surface area contributed by atoms with E-state index in [-0.39, 0.29) is 11.4 Å². The molecule has 3 heteroatoms. The lowest BCUT2D eigenvalue weighted by Crippen LogP contribution is -2.46. The molecule has 0 bridgehead atoms. The fourth-order valence-electron chi connectivity index (χ4n) is 1.95. The largest absolute Gasteiger partial charge is 0.336 e. The van der Waals surface area contributed by atoms with Crippen LogP contribution in [0.1, 0.15) is 26.7 Å². The molecule has 1 rings (SSSR count). The smallest absolute Gasteiger partial charge is 0.236 e. The van der Waals surface area contributed by atoms with E-state index in [0.29, 0.717) is 13.1 Å². The number of hydrogen-bond donors (Lipinski definition) is 1. The Morgan fingerprint density at radius 1 is 1.64 bits per heavy atom. The highest BCUT2D eigenvalue weighted by Crippen LogP contribution is 2.27. The molecule has 1 fully saturated rings. The van der Waals surface area contributed by atoms with E-state index in [4.69, 9.17) is 0 Å². The minimum absolute atomic E-state index is 0.0486. The summed E-state index contributed by atoms with van der Waals surface area (Å²) >= 11 is 0. The molecule has 0 spiro atoms. The van der Waals surface area contributed by atoms with Crippen LogP contribution in [-0.2, 0) is 4.79 Å². The van der Waals surface area contributed by atoms with Crippen LogP contribution in [0.5, 0.6) is 0 Å². The van der Waals surface area contributed by atoms with Crippen molar-refractivity contribution in [1.29, 1.82) is 0 Å². The molecule has 0 radical (unpaired) electrons. The van der Waals surface area contributed by atoms with E-state index in [0.717, 1.165) is 19.4 Å². The predicted molar refractivity (Wildman–Crippen MR) is 58.1 cm³/mol. The SMILES string of the molecule is C=CCNCC(=O)N1CCCC1(C)C. The zero-order valence-electron chi connectivity index (χ0n) is 9.18. The fraction of sp³-hybridized carbons (Fsp3) is 0.727. The highest BCUT2D eigenvalue weighted by molar-refractivity contribution is 5.79. The van der Waals surface area contributed by atoms with Gasteiger partial charge in [0.1, 0.15) is 0 Å². The van der Waals surface area contributed by atoms with Crippen LogP contribution in [0.3, 0.4) is 0 Å². The lowest BCUT2D eigenvalue weighted by Gasteiger charge is -2.31. The van der Waals surface area contributed by atoms with Gasteiger partial charge in [-0.25, -0.2) is 0 Å². The average Bonchev–Trinajstić information content (AvgIpc) is 2.45. The number of likely N-dealkylation sites (tertiary alicyclic amines) is 1. The van der Waals surface area contributed by atoms with Gasteiger partial charge in [0.25, 0.3) is 0 Å². The summed E-state index contributed by atoms with van der Waals surface area (Å²) < 4.78 is 0. The Morgan fingerprint density at radius 2 is 2.36 bits per heavy atom. The average molecular weight is 196 g/mol. The van der Waals surface area contributed by atoms with Crippen molar-refractivity contribution in [2.75, 3.05) is 19.6 Å². The maximum Gasteiger partial charge on any atom is 0.236 e. The molecule has 80 valence electrons. The summed E-state index contributed by atoms with van der Waals surface area (Å²) in [6, 6.07) is 0. The molecule has 0 aromatic carbocycles. The Kier molecular flexibility index (Phi) is 3.69. The van der Waals surface area contributed by atoms with Gasteiger partial charge in [-0.2, -0.15) is 0 Å². The first-order valence-corrected chi connectivity index (χ1v) is 5.20. The molecule has 1 aliphatic rings. The monoisotopic (exact) mass is 196 g/mol. The predicted octanol–water partition coefficient (Wildman–Crippen LogP) is 1.16. The molecule has 0 saturated carbocycles. The van der Waals surface area contributed by atoms with Crippen LogP contribution in [0.25, 0.3) is 0 Å². The summed E-state index contributed by atoms with van der Waals surface area (Å²) in [5.41, 5.74) is 0.0486. The molecular formula is C11H20N2O. The van der Waals surface area contributed by atoms with E-state index in [1.165, 1.54) is 0 Å². The van der Waals surface area contributed by atoms with Crippen molar-refractivity contribution in [3.63, 3.8) is 0 Å². The van der Waals surface area contributed by atoms with Gasteiger partial charge in [0.2, 0.25) is 5.91 Å². The lowest BCUT2D eigenvalue weighted by atomic mass is 10.0. The minimum atomic E-state index is 0.0486. The van der Waals surface area contributed by atoms with Crippen molar-refractivity contribution in [1.82, 2.24) is 10.2 Å². The third-order valence-corrected chi connectivity index (χ3v) is 2.77. The first-order valence-electron chi connectivity index (χ1n) is 5.20. The van der Waals surface area contributed by atoms with Crippen LogP contribution in [0.15, 0.2) is 12.7 Å². The van der Waals surface area contributed by atoms with Crippen molar-refractivity contribution >= 4 is 5.91 Å². The molecule has 1 N–H and O–H groups in total. The third-order valence-electron chi connectivity index (χ3n) is 2.77. The molecule has 1 aliphatic heterocycles. The van der Waals surface area contributed by atoms with Crippen LogP contribution in [-0.4, -0.2) is 36.0 Å². The Balaban J connectivity index is 2.40. The standard InChI is InChI=1S/C11H20N2O/c1-4-7-12-9-10(14)13-8-5-6-11(13,2)3/h4,12H,1,5-9H2,2-3H3. The molecule has 0 aromatic heterocycles. The zero-order chi connectivity index (χ0) is 10.6. The van der Waals surface area contributed by atoms with Gasteiger partial charge in [0.05, 0.1) is 6.54 Å². The summed E-state index contributed by atoms with van der Waals surface area (Å²) in [7, 11) is 0. The Labute approximate surface area is 86.2 Å². The van der Waals surface area contributed by atoms with Gasteiger partial charge in [-0.1, -0.05) is 6.08 Å². The number of hydrogen-bond acceptors (Lipinski definition) is 2. The lowest BCUT2D eigenvalue weighted by molar-refractivity contribution is -0.133. The number of amides is 1. The maximum atomic E-state index is 11.8. The van der Waals surface area contributed by atoms with Crippen LogP contribution in [0, 0.1) is 0 Å². The first kappa shape index (κ1) is 11.2. The summed E-state index contributed by atoms with van der Waals surface area (Å²) in [6.07, 6.45) is 4.00. The van der Waals surface area contributed by atoms with Crippen LogP contribution >= 0.6 is 0 Å². The molecule has 0 unspecified atom stereocenters. The quantitative estimate of drug-likeness (QED) is 0.540. The molecule has 0 aromatic rings. The van der Waals surface area contributed by atoms with Crippen molar-refractivity contribution < 1.29 is 4.79 Å². The highest BCUT2D eigenvalue weighted by Gasteiger charge is 2.34. The minimum Gasteiger partial charge on any atom is -0.336 e. The molecule has 0 atom stereocenters. The fourth-order valence-corrected chi connectivity index (χ4v) is 1.95. The van der Waals surface area contributed by atoms with Crippen LogP contribution < -0.4 is 5.32 Å². The molecule has 0 aliphatic carbocycles. The normalized spacial score (nSPS) is 19.7. The molecule has 1 heterocycles. The van der Waals surface area contributed by atoms with Crippen molar-refractivity contribution in [2.45, 2.75) is 32.2 Å². The molecular weight excluding hydrogens is 176 g/mol. The number of carbonyl (C=O) groups is 1. The second kappa shape index (κ2) is 4.60. The second-order valence-electron chi connectivity index (χ2n) is 4.38. The van der Waals surface area contributed by atoms with E-state index in [9.17, 15) is 4.79 Å². The van der Waals surface area contributed by atoms with E-state index >= 15 is 0 Å². The zero-order valence-corrected chi connectivity index (χ0v) is 9.18. The number of nitrogens with one attached hydrogen (secondary N) is 1. The number of carbonyl (C=O) groups excluding carboxylic acids is 1. The summed E-state index contributed by atoms with van der Waals surface area (Å²) in [5, 5.41) is 3.04. The Morgan fingerprint density at radius 3 is 2.86 bits per heavy atom. The van der Waals surface area contributed by atoms with Gasteiger partial charge >= 0.3 is 0 Å². The van der Waals surface area contributed by atoms with Gasteiger partial charge in [0, 0.05) is 18.6 Å². The molecule has 1 saturated heterocycles. The number of nitrogens with zero attached hydrogens (tertiary/aromatic N) is 1. The third kappa shape index (κ3) is 2.58. The first-order chi connectivity index (χ1) is 6.58. The van der Waals surface area contributed by atoms with Gasteiger partial charge in [-0.05, 0) is 26.7 Å². The van der Waals surface area contributed by atoms with Gasteiger partial charge < -0.3 is 10.2 Å². The Bertz CT molecular complexity index is 223. The van der Waals surface area contributed by atoms with Gasteiger partial charge in [0.15, 0.2) is 0 Å². The van der Waals surface area contributed by atoms with Crippen LogP contribution in [0.2, 0.25) is 0 Å². The number of rotatable bonds is 4. The van der Waals surface area contributed by atoms with E-state index in [1.54, 1.807) is 6.08 Å². The summed E-state index contributed by atoms with van der Waals surface area (Å²) in [4.78, 5) is 13.7. The van der Waals surface area contributed by atoms with Crippen molar-refractivity contribution in [3.8, 4) is 0 Å². The molecule has 14 heavy (non-hydrogen) atoms. The van der Waals surface area contributed by atoms with Gasteiger partial charge in [-0.3, -0.25) is 4.79 Å². The van der Waals surface area contributed by atoms with Gasteiger partial charge in [-0.15, -0.1) is 6.58 Å². The van der Waals surface area contributed by atoms with Crippen molar-refractivity contribution in [3.05, 3.63) is 12.7 Å². The molecule has 3 nitrogen and oxygen atoms in total. The highest BCUT2D eigenvalue weighted by atomic mass is 16.2. The summed E-state index contributed by atoms with van der Waals surface area (Å²) in [5.74, 6) is 0.203. The van der Waals surface area contributed by atoms with E-state index in [2.05, 4.69) is 25.7 Å². The van der Waals surface area contributed by atoms with Crippen LogP contribution in [0.4, 0.5) is 0 Å². The van der Waals surface area contributed by atoms with E-state index < -0.39 is 0 Å². The van der Waals surface area contributed by atoms with Crippen molar-refractivity contribution in [2.24, 2.45) is 0 Å². The second-order valence-corrected chi connectivity index (χ2v) is 4.38. The Hall–Kier alpha value is -0.830. The topological polar surface area (TPSA) is 32.3 Å². The maximum absolute atomic E-state index is 11.8.